The number of benzene rings is 2. The van der Waals surface area contributed by atoms with Crippen LogP contribution in [0.3, 0.4) is 0 Å². The highest BCUT2D eigenvalue weighted by Crippen LogP contribution is 2.29. The van der Waals surface area contributed by atoms with E-state index in [4.69, 9.17) is 13.9 Å². The quantitative estimate of drug-likeness (QED) is 0.320. The number of carbonyl (C=O) groups excluding carboxylic acids is 2. The lowest BCUT2D eigenvalue weighted by Gasteiger charge is -2.07. The number of ether oxygens (including phenoxy) is 2. The van der Waals surface area contributed by atoms with Crippen LogP contribution in [0.1, 0.15) is 20.8 Å². The maximum absolute atomic E-state index is 12.7. The summed E-state index contributed by atoms with van der Waals surface area (Å²) in [5.41, 5.74) is -0.240. The van der Waals surface area contributed by atoms with Crippen LogP contribution in [0.4, 0.5) is 0 Å². The molecule has 8 nitrogen and oxygen atoms in total. The number of esters is 2. The van der Waals surface area contributed by atoms with Gasteiger partial charge in [0.15, 0.2) is 5.69 Å². The van der Waals surface area contributed by atoms with Crippen LogP contribution in [0.15, 0.2) is 68.3 Å². The van der Waals surface area contributed by atoms with Crippen molar-refractivity contribution in [2.45, 2.75) is 0 Å². The molecule has 0 aliphatic rings. The third-order valence-electron chi connectivity index (χ3n) is 4.62. The van der Waals surface area contributed by atoms with Crippen LogP contribution in [0.2, 0.25) is 0 Å². The first kappa shape index (κ1) is 20.5. The third kappa shape index (κ3) is 3.64. The second-order valence-electron chi connectivity index (χ2n) is 6.43. The molecule has 0 aliphatic heterocycles. The van der Waals surface area contributed by atoms with Gasteiger partial charge in [-0.25, -0.2) is 19.1 Å². The summed E-state index contributed by atoms with van der Waals surface area (Å²) in [4.78, 5) is 38.1. The van der Waals surface area contributed by atoms with Gasteiger partial charge >= 0.3 is 17.6 Å². The van der Waals surface area contributed by atoms with Crippen LogP contribution >= 0.6 is 15.9 Å². The molecule has 0 spiro atoms. The lowest BCUT2D eigenvalue weighted by atomic mass is 10.1. The summed E-state index contributed by atoms with van der Waals surface area (Å²) in [7, 11) is 2.36. The Morgan fingerprint density at radius 1 is 1.00 bits per heavy atom. The molecule has 4 rings (SSSR count). The number of hydrogen-bond donors (Lipinski definition) is 0. The molecule has 0 amide bonds. The monoisotopic (exact) mass is 482 g/mol. The van der Waals surface area contributed by atoms with E-state index in [-0.39, 0.29) is 22.5 Å². The zero-order valence-corrected chi connectivity index (χ0v) is 18.0. The minimum Gasteiger partial charge on any atom is -0.465 e. The van der Waals surface area contributed by atoms with Crippen LogP contribution in [0.25, 0.3) is 27.9 Å². The van der Waals surface area contributed by atoms with E-state index in [1.165, 1.54) is 18.9 Å². The predicted octanol–water partition coefficient (Wildman–Crippen LogP) is 3.98. The third-order valence-corrected chi connectivity index (χ3v) is 5.15. The number of halogens is 1. The molecular weight excluding hydrogens is 468 g/mol. The van der Waals surface area contributed by atoms with Crippen molar-refractivity contribution in [2.24, 2.45) is 0 Å². The van der Waals surface area contributed by atoms with E-state index < -0.39 is 17.6 Å². The zero-order valence-electron chi connectivity index (χ0n) is 16.4. The van der Waals surface area contributed by atoms with E-state index in [1.54, 1.807) is 54.6 Å². The summed E-state index contributed by atoms with van der Waals surface area (Å²) in [5.74, 6) is -1.65. The van der Waals surface area contributed by atoms with Gasteiger partial charge in [0, 0.05) is 9.86 Å². The van der Waals surface area contributed by atoms with Crippen LogP contribution < -0.4 is 5.63 Å². The summed E-state index contributed by atoms with van der Waals surface area (Å²) in [6, 6.07) is 15.4. The van der Waals surface area contributed by atoms with E-state index in [1.807, 2.05) is 0 Å². The Kier molecular flexibility index (Phi) is 5.43. The van der Waals surface area contributed by atoms with E-state index in [0.29, 0.717) is 16.7 Å². The lowest BCUT2D eigenvalue weighted by molar-refractivity contribution is 0.0549. The van der Waals surface area contributed by atoms with Gasteiger partial charge in [-0.2, -0.15) is 5.10 Å². The van der Waals surface area contributed by atoms with Gasteiger partial charge in [-0.05, 0) is 36.4 Å². The van der Waals surface area contributed by atoms with Crippen molar-refractivity contribution in [1.82, 2.24) is 9.78 Å². The number of fused-ring (bicyclic) bond motifs is 1. The Morgan fingerprint density at radius 3 is 2.35 bits per heavy atom. The van der Waals surface area contributed by atoms with Gasteiger partial charge in [-0.3, -0.25) is 0 Å². The Morgan fingerprint density at radius 2 is 1.68 bits per heavy atom. The molecule has 0 aliphatic carbocycles. The molecule has 4 aromatic rings. The summed E-state index contributed by atoms with van der Waals surface area (Å²) in [5, 5.41) is 5.06. The fourth-order valence-corrected chi connectivity index (χ4v) is 3.45. The van der Waals surface area contributed by atoms with Crippen molar-refractivity contribution in [2.75, 3.05) is 14.2 Å². The zero-order chi connectivity index (χ0) is 22.1. The molecule has 0 unspecified atom stereocenters. The number of aromatic nitrogens is 2. The van der Waals surface area contributed by atoms with Crippen molar-refractivity contribution in [1.29, 1.82) is 0 Å². The minimum absolute atomic E-state index is 0.0140. The second kappa shape index (κ2) is 8.19. The van der Waals surface area contributed by atoms with Gasteiger partial charge in [-0.1, -0.05) is 34.1 Å². The number of para-hydroxylation sites is 1. The average Bonchev–Trinajstić information content (AvgIpc) is 3.18. The van der Waals surface area contributed by atoms with E-state index in [0.717, 1.165) is 4.47 Å². The van der Waals surface area contributed by atoms with Crippen LogP contribution in [0.5, 0.6) is 0 Å². The number of methoxy groups -OCH3 is 2. The molecule has 2 heterocycles. The van der Waals surface area contributed by atoms with Gasteiger partial charge in [0.25, 0.3) is 0 Å². The fourth-order valence-electron chi connectivity index (χ4n) is 3.18. The Balaban J connectivity index is 2.08. The van der Waals surface area contributed by atoms with Crippen molar-refractivity contribution in [3.05, 3.63) is 80.7 Å². The van der Waals surface area contributed by atoms with Gasteiger partial charge in [-0.15, -0.1) is 0 Å². The Labute approximate surface area is 184 Å². The van der Waals surface area contributed by atoms with Crippen molar-refractivity contribution >= 4 is 38.8 Å². The molecule has 9 heteroatoms. The first-order valence-corrected chi connectivity index (χ1v) is 9.82. The van der Waals surface area contributed by atoms with Crippen LogP contribution in [0, 0.1) is 0 Å². The molecule has 0 N–H and O–H groups in total. The normalized spacial score (nSPS) is 10.8. The van der Waals surface area contributed by atoms with Crippen LogP contribution in [-0.2, 0) is 9.47 Å². The molecule has 2 aromatic heterocycles. The van der Waals surface area contributed by atoms with Crippen molar-refractivity contribution < 1.29 is 23.5 Å². The molecule has 2 aromatic carbocycles. The second-order valence-corrected chi connectivity index (χ2v) is 7.34. The smallest absolute Gasteiger partial charge is 0.357 e. The summed E-state index contributed by atoms with van der Waals surface area (Å²) in [6.07, 6.45) is 0. The average molecular weight is 483 g/mol. The summed E-state index contributed by atoms with van der Waals surface area (Å²) < 4.78 is 17.2. The number of hydrogen-bond acceptors (Lipinski definition) is 7. The molecule has 0 fully saturated rings. The summed E-state index contributed by atoms with van der Waals surface area (Å²) >= 11 is 3.35. The Hall–Kier alpha value is -3.72. The molecule has 0 atom stereocenters. The predicted molar refractivity (Wildman–Crippen MR) is 115 cm³/mol. The molecule has 156 valence electrons. The number of carbonyl (C=O) groups is 2. The maximum Gasteiger partial charge on any atom is 0.357 e. The standard InChI is InChI=1S/C22H15BrN2O6/c1-29-21(27)17-18(15-11-12-5-3-4-6-16(12)31-20(15)26)24-25(19(17)22(28)30-2)14-9-7-13(23)8-10-14/h3-11H,1-2H3. The fraction of sp³-hybridized carbons (Fsp3) is 0.0909. The number of nitrogens with zero attached hydrogens (tertiary/aromatic N) is 2. The highest BCUT2D eigenvalue weighted by atomic mass is 79.9. The molecule has 31 heavy (non-hydrogen) atoms. The van der Waals surface area contributed by atoms with Gasteiger partial charge < -0.3 is 13.9 Å². The lowest BCUT2D eigenvalue weighted by Crippen LogP contribution is -2.15. The molecule has 0 radical (unpaired) electrons. The van der Waals surface area contributed by atoms with E-state index in [9.17, 15) is 14.4 Å². The Bertz CT molecular complexity index is 1370. The summed E-state index contributed by atoms with van der Waals surface area (Å²) in [6.45, 7) is 0. The first-order chi connectivity index (χ1) is 14.9. The van der Waals surface area contributed by atoms with E-state index in [2.05, 4.69) is 21.0 Å². The minimum atomic E-state index is -0.841. The SMILES string of the molecule is COC(=O)c1c(-c2cc3ccccc3oc2=O)nn(-c2ccc(Br)cc2)c1C(=O)OC. The molecule has 0 saturated heterocycles. The molecule has 0 saturated carbocycles. The first-order valence-electron chi connectivity index (χ1n) is 9.03. The van der Waals surface area contributed by atoms with Crippen molar-refractivity contribution in [3.8, 4) is 16.9 Å². The highest BCUT2D eigenvalue weighted by molar-refractivity contribution is 9.10. The maximum atomic E-state index is 12.7. The topological polar surface area (TPSA) is 101 Å². The highest BCUT2D eigenvalue weighted by Gasteiger charge is 2.32. The van der Waals surface area contributed by atoms with Gasteiger partial charge in [0.2, 0.25) is 0 Å². The van der Waals surface area contributed by atoms with Crippen molar-refractivity contribution in [3.63, 3.8) is 0 Å². The molecular formula is C22H15BrN2O6. The number of rotatable bonds is 4. The largest absolute Gasteiger partial charge is 0.465 e. The van der Waals surface area contributed by atoms with Crippen LogP contribution in [-0.4, -0.2) is 35.9 Å². The molecule has 0 bridgehead atoms. The van der Waals surface area contributed by atoms with E-state index >= 15 is 0 Å². The van der Waals surface area contributed by atoms with Gasteiger partial charge in [0.05, 0.1) is 25.5 Å². The van der Waals surface area contributed by atoms with Gasteiger partial charge in [0.1, 0.15) is 16.8 Å².